The Morgan fingerprint density at radius 2 is 0.592 bits per heavy atom. The zero-order valence-corrected chi connectivity index (χ0v) is 36.3. The molecule has 0 aliphatic carbocycles. The van der Waals surface area contributed by atoms with Gasteiger partial charge in [0.1, 0.15) is 0 Å². The molecule has 2 N–H and O–H groups in total. The fraction of sp³-hybridized carbons (Fsp3) is 1.00. The average Bonchev–Trinajstić information content (AvgIpc) is 3.08. The zero-order chi connectivity index (χ0) is 38.1. The van der Waals surface area contributed by atoms with Gasteiger partial charge in [-0.3, -0.25) is 8.42 Å². The molecule has 4 atom stereocenters. The van der Waals surface area contributed by atoms with E-state index in [-0.39, 0.29) is 0 Å². The lowest BCUT2D eigenvalue weighted by Crippen LogP contribution is -3.15. The van der Waals surface area contributed by atoms with Crippen LogP contribution in [0.1, 0.15) is 212 Å². The summed E-state index contributed by atoms with van der Waals surface area (Å²) in [5.74, 6) is 3.84. The highest BCUT2D eigenvalue weighted by Gasteiger charge is 2.27. The molecule has 4 unspecified atom stereocenters. The second-order valence-corrected chi connectivity index (χ2v) is 16.0. The molecule has 49 heavy (non-hydrogen) atoms. The van der Waals surface area contributed by atoms with Crippen molar-refractivity contribution in [2.45, 2.75) is 224 Å². The number of hydrogen-bond acceptors (Lipinski definition) is 4. The van der Waals surface area contributed by atoms with E-state index in [9.17, 15) is 0 Å². The predicted molar refractivity (Wildman–Crippen MR) is 214 cm³/mol. The van der Waals surface area contributed by atoms with Crippen molar-refractivity contribution < 1.29 is 27.3 Å². The SMILES string of the molecule is CCCCC(CC)CC(CC(CC)CCCC)[NH+](CC)CC.CCCCC(CC)CC(CC(CC)CCCC)[NH+](CC)CC.O=S(=O)([O-])[O-]. The van der Waals surface area contributed by atoms with E-state index in [4.69, 9.17) is 17.5 Å². The quantitative estimate of drug-likeness (QED) is 0.0572. The first-order valence-electron chi connectivity index (χ1n) is 21.7. The maximum Gasteiger partial charge on any atom is 0.0879 e. The Morgan fingerprint density at radius 1 is 0.408 bits per heavy atom. The fourth-order valence-corrected chi connectivity index (χ4v) is 8.05. The van der Waals surface area contributed by atoms with Crippen LogP contribution in [0, 0.1) is 23.7 Å². The van der Waals surface area contributed by atoms with E-state index in [1.165, 1.54) is 155 Å². The smallest absolute Gasteiger partial charge is 0.0879 e. The highest BCUT2D eigenvalue weighted by Crippen LogP contribution is 2.25. The van der Waals surface area contributed by atoms with E-state index >= 15 is 0 Å². The molecular formula is C42H92N2O4S. The summed E-state index contributed by atoms with van der Waals surface area (Å²) < 4.78 is 34.1. The van der Waals surface area contributed by atoms with Gasteiger partial charge in [0.2, 0.25) is 0 Å². The molecule has 0 fully saturated rings. The normalized spacial score (nSPS) is 15.5. The fourth-order valence-electron chi connectivity index (χ4n) is 8.05. The largest absolute Gasteiger partial charge is 0.759 e. The molecule has 0 aliphatic heterocycles. The van der Waals surface area contributed by atoms with Crippen LogP contribution in [0.3, 0.4) is 0 Å². The first kappa shape index (κ1) is 53.1. The third-order valence-corrected chi connectivity index (χ3v) is 11.6. The van der Waals surface area contributed by atoms with E-state index in [0.717, 1.165) is 35.8 Å². The predicted octanol–water partition coefficient (Wildman–Crippen LogP) is 9.65. The topological polar surface area (TPSA) is 89.1 Å². The Bertz CT molecular complexity index is 666. The zero-order valence-electron chi connectivity index (χ0n) is 35.5. The van der Waals surface area contributed by atoms with E-state index in [1.54, 1.807) is 0 Å². The first-order valence-corrected chi connectivity index (χ1v) is 23.0. The van der Waals surface area contributed by atoms with E-state index in [1.807, 2.05) is 9.80 Å². The van der Waals surface area contributed by atoms with Gasteiger partial charge in [-0.2, -0.15) is 0 Å². The molecule has 6 nitrogen and oxygen atoms in total. The van der Waals surface area contributed by atoms with Crippen LogP contribution in [-0.4, -0.2) is 55.8 Å². The van der Waals surface area contributed by atoms with Gasteiger partial charge >= 0.3 is 0 Å². The summed E-state index contributed by atoms with van der Waals surface area (Å²) in [5, 5.41) is 0. The Hall–Kier alpha value is -0.210. The number of nitrogens with one attached hydrogen (secondary N) is 2. The van der Waals surface area contributed by atoms with Crippen molar-refractivity contribution in [1.82, 2.24) is 0 Å². The van der Waals surface area contributed by atoms with Gasteiger partial charge in [-0.1, -0.05) is 158 Å². The molecule has 0 spiro atoms. The Balaban J connectivity index is -0.000000757. The summed E-state index contributed by atoms with van der Waals surface area (Å²) in [6, 6.07) is 1.80. The summed E-state index contributed by atoms with van der Waals surface area (Å²) >= 11 is 0. The number of rotatable bonds is 30. The molecule has 0 saturated carbocycles. The van der Waals surface area contributed by atoms with E-state index in [2.05, 4.69) is 83.1 Å². The van der Waals surface area contributed by atoms with Crippen molar-refractivity contribution >= 4 is 10.4 Å². The third kappa shape index (κ3) is 32.2. The lowest BCUT2D eigenvalue weighted by Gasteiger charge is -2.32. The van der Waals surface area contributed by atoms with Gasteiger partial charge in [-0.25, -0.2) is 0 Å². The molecule has 0 aromatic carbocycles. The summed E-state index contributed by atoms with van der Waals surface area (Å²) in [4.78, 5) is 3.70. The summed E-state index contributed by atoms with van der Waals surface area (Å²) in [6.45, 7) is 33.7. The lowest BCUT2D eigenvalue weighted by molar-refractivity contribution is -0.923. The van der Waals surface area contributed by atoms with Crippen molar-refractivity contribution in [3.63, 3.8) is 0 Å². The highest BCUT2D eigenvalue weighted by atomic mass is 32.3. The molecule has 0 radical (unpaired) electrons. The van der Waals surface area contributed by atoms with E-state index in [0.29, 0.717) is 0 Å². The number of hydrogen-bond donors (Lipinski definition) is 2. The van der Waals surface area contributed by atoms with Gasteiger partial charge < -0.3 is 18.9 Å². The van der Waals surface area contributed by atoms with Crippen LogP contribution < -0.4 is 9.80 Å². The molecule has 300 valence electrons. The van der Waals surface area contributed by atoms with Gasteiger partial charge in [-0.05, 0) is 51.4 Å². The minimum Gasteiger partial charge on any atom is -0.759 e. The first-order chi connectivity index (χ1) is 23.3. The minimum absolute atomic E-state index is 0.901. The molecule has 0 saturated heterocycles. The monoisotopic (exact) mass is 721 g/mol. The second kappa shape index (κ2) is 36.2. The average molecular weight is 721 g/mol. The van der Waals surface area contributed by atoms with Crippen LogP contribution in [0.15, 0.2) is 0 Å². The molecule has 7 heteroatoms. The van der Waals surface area contributed by atoms with Crippen LogP contribution in [0.5, 0.6) is 0 Å². The van der Waals surface area contributed by atoms with Crippen molar-refractivity contribution in [2.24, 2.45) is 23.7 Å². The lowest BCUT2D eigenvalue weighted by atomic mass is 9.84. The summed E-state index contributed by atoms with van der Waals surface area (Å²) in [5.41, 5.74) is 0. The third-order valence-electron chi connectivity index (χ3n) is 11.6. The van der Waals surface area contributed by atoms with Crippen molar-refractivity contribution in [2.75, 3.05) is 26.2 Å². The molecule has 0 aromatic rings. The van der Waals surface area contributed by atoms with Crippen molar-refractivity contribution in [3.05, 3.63) is 0 Å². The number of unbranched alkanes of at least 4 members (excludes halogenated alkanes) is 4. The van der Waals surface area contributed by atoms with Crippen LogP contribution in [0.25, 0.3) is 0 Å². The molecule has 0 aliphatic rings. The molecular weight excluding hydrogens is 629 g/mol. The standard InChI is InChI=1S/2C21H45N.H2O4S/c2*1-7-13-15-19(9-3)17-21(22(11-5)12-6)18-20(10-4)16-14-8-2;1-5(2,3)4/h2*19-21H,7-18H2,1-6H3;(H2,1,2,3,4). The number of quaternary nitrogens is 2. The van der Waals surface area contributed by atoms with Gasteiger partial charge in [-0.15, -0.1) is 0 Å². The Kier molecular flexibility index (Phi) is 39.2. The highest BCUT2D eigenvalue weighted by molar-refractivity contribution is 7.79. The Morgan fingerprint density at radius 3 is 0.714 bits per heavy atom. The maximum atomic E-state index is 8.52. The molecule has 0 rings (SSSR count). The van der Waals surface area contributed by atoms with Gasteiger partial charge in [0, 0.05) is 36.1 Å². The van der Waals surface area contributed by atoms with Crippen molar-refractivity contribution in [3.8, 4) is 0 Å². The summed E-state index contributed by atoms with van der Waals surface area (Å²) in [7, 11) is -5.17. The van der Waals surface area contributed by atoms with Gasteiger partial charge in [0.25, 0.3) is 0 Å². The molecule has 0 heterocycles. The van der Waals surface area contributed by atoms with Crippen molar-refractivity contribution in [1.29, 1.82) is 0 Å². The van der Waals surface area contributed by atoms with Gasteiger partial charge in [0.05, 0.1) is 38.3 Å². The minimum atomic E-state index is -5.17. The second-order valence-electron chi connectivity index (χ2n) is 15.1. The van der Waals surface area contributed by atoms with Crippen LogP contribution in [-0.2, 0) is 10.4 Å². The molecule has 0 aromatic heterocycles. The molecule has 0 bridgehead atoms. The Labute approximate surface area is 310 Å². The van der Waals surface area contributed by atoms with Gasteiger partial charge in [0.15, 0.2) is 0 Å². The summed E-state index contributed by atoms with van der Waals surface area (Å²) in [6.07, 6.45) is 28.3. The molecule has 0 amide bonds. The maximum absolute atomic E-state index is 8.52. The van der Waals surface area contributed by atoms with Crippen LogP contribution in [0.4, 0.5) is 0 Å². The van der Waals surface area contributed by atoms with E-state index < -0.39 is 10.4 Å². The van der Waals surface area contributed by atoms with Crippen LogP contribution >= 0.6 is 0 Å². The van der Waals surface area contributed by atoms with Crippen LogP contribution in [0.2, 0.25) is 0 Å².